The van der Waals surface area contributed by atoms with Gasteiger partial charge in [0.15, 0.2) is 0 Å². The highest BCUT2D eigenvalue weighted by molar-refractivity contribution is 7.89. The van der Waals surface area contributed by atoms with Crippen molar-refractivity contribution in [2.75, 3.05) is 6.54 Å². The molecule has 0 radical (unpaired) electrons. The van der Waals surface area contributed by atoms with Crippen molar-refractivity contribution in [2.24, 2.45) is 5.14 Å². The number of hydrogen-bond acceptors (Lipinski definition) is 6. The Hall–Kier alpha value is -2.76. The van der Waals surface area contributed by atoms with Gasteiger partial charge in [-0.1, -0.05) is 12.1 Å². The lowest BCUT2D eigenvalue weighted by molar-refractivity contribution is -0.121. The van der Waals surface area contributed by atoms with Crippen LogP contribution in [-0.2, 0) is 34.3 Å². The van der Waals surface area contributed by atoms with E-state index in [1.807, 2.05) is 0 Å². The molecular formula is C18H20N4O5S2. The Morgan fingerprint density at radius 1 is 1.14 bits per heavy atom. The van der Waals surface area contributed by atoms with Gasteiger partial charge in [-0.25, -0.2) is 18.4 Å². The number of primary sulfonamides is 1. The Labute approximate surface area is 170 Å². The van der Waals surface area contributed by atoms with E-state index in [9.17, 15) is 22.8 Å². The van der Waals surface area contributed by atoms with Crippen LogP contribution >= 0.6 is 11.3 Å². The van der Waals surface area contributed by atoms with E-state index < -0.39 is 15.7 Å². The highest BCUT2D eigenvalue weighted by Gasteiger charge is 2.15. The fourth-order valence-corrected chi connectivity index (χ4v) is 4.31. The molecule has 0 aliphatic heterocycles. The Balaban J connectivity index is 1.68. The first-order chi connectivity index (χ1) is 13.7. The van der Waals surface area contributed by atoms with Crippen molar-refractivity contribution in [1.29, 1.82) is 0 Å². The molecule has 1 amide bonds. The van der Waals surface area contributed by atoms with Crippen molar-refractivity contribution >= 4 is 37.5 Å². The zero-order valence-electron chi connectivity index (χ0n) is 15.6. The average Bonchev–Trinajstić information content (AvgIpc) is 3.15. The second-order valence-electron chi connectivity index (χ2n) is 6.34. The van der Waals surface area contributed by atoms with Crippen molar-refractivity contribution in [3.63, 3.8) is 0 Å². The molecule has 0 aliphatic carbocycles. The zero-order chi connectivity index (χ0) is 21.2. The van der Waals surface area contributed by atoms with Crippen LogP contribution in [-0.4, -0.2) is 30.0 Å². The van der Waals surface area contributed by atoms with Crippen LogP contribution in [0.15, 0.2) is 50.2 Å². The number of fused-ring (bicyclic) bond motifs is 1. The number of benzene rings is 1. The number of carbonyl (C=O) groups is 1. The third-order valence-corrected chi connectivity index (χ3v) is 6.26. The minimum Gasteiger partial charge on any atom is -0.354 e. The second-order valence-corrected chi connectivity index (χ2v) is 8.82. The molecule has 0 bridgehead atoms. The molecule has 11 heteroatoms. The van der Waals surface area contributed by atoms with Crippen LogP contribution in [0, 0.1) is 0 Å². The summed E-state index contributed by atoms with van der Waals surface area (Å²) in [5.74, 6) is -0.359. The fraction of sp³-hybridized carbons (Fsp3) is 0.278. The second kappa shape index (κ2) is 8.31. The van der Waals surface area contributed by atoms with E-state index in [0.717, 1.165) is 10.1 Å². The first kappa shape index (κ1) is 21.0. The van der Waals surface area contributed by atoms with Crippen LogP contribution in [0.5, 0.6) is 0 Å². The molecule has 0 atom stereocenters. The van der Waals surface area contributed by atoms with Crippen LogP contribution in [0.2, 0.25) is 0 Å². The largest absolute Gasteiger partial charge is 0.354 e. The van der Waals surface area contributed by atoms with Crippen molar-refractivity contribution < 1.29 is 13.2 Å². The summed E-state index contributed by atoms with van der Waals surface area (Å²) in [6, 6.07) is 7.73. The van der Waals surface area contributed by atoms with Gasteiger partial charge in [0.25, 0.3) is 5.56 Å². The summed E-state index contributed by atoms with van der Waals surface area (Å²) in [5, 5.41) is 9.51. The molecule has 2 heterocycles. The highest BCUT2D eigenvalue weighted by Crippen LogP contribution is 2.15. The third-order valence-electron chi connectivity index (χ3n) is 4.44. The molecule has 2 aromatic heterocycles. The number of sulfonamides is 1. The van der Waals surface area contributed by atoms with E-state index in [2.05, 4.69) is 5.32 Å². The molecule has 0 fully saturated rings. The monoisotopic (exact) mass is 436 g/mol. The van der Waals surface area contributed by atoms with Gasteiger partial charge in [0.2, 0.25) is 15.9 Å². The van der Waals surface area contributed by atoms with Crippen molar-refractivity contribution in [1.82, 2.24) is 14.5 Å². The quantitative estimate of drug-likeness (QED) is 0.548. The Morgan fingerprint density at radius 3 is 2.45 bits per heavy atom. The number of hydrogen-bond donors (Lipinski definition) is 2. The fourth-order valence-electron chi connectivity index (χ4n) is 2.96. The lowest BCUT2D eigenvalue weighted by Gasteiger charge is -2.11. The van der Waals surface area contributed by atoms with Crippen LogP contribution in [0.25, 0.3) is 10.2 Å². The molecule has 0 aliphatic rings. The molecule has 0 spiro atoms. The molecule has 0 saturated heterocycles. The van der Waals surface area contributed by atoms with E-state index in [-0.39, 0.29) is 29.5 Å². The predicted molar refractivity (Wildman–Crippen MR) is 111 cm³/mol. The topological polar surface area (TPSA) is 133 Å². The lowest BCUT2D eigenvalue weighted by Crippen LogP contribution is -2.42. The predicted octanol–water partition coefficient (Wildman–Crippen LogP) is 0.251. The number of rotatable bonds is 7. The Morgan fingerprint density at radius 2 is 1.83 bits per heavy atom. The normalized spacial score (nSPS) is 11.7. The van der Waals surface area contributed by atoms with E-state index in [4.69, 9.17) is 5.14 Å². The number of aromatic nitrogens is 2. The molecule has 3 N–H and O–H groups in total. The van der Waals surface area contributed by atoms with Crippen LogP contribution in [0.4, 0.5) is 0 Å². The summed E-state index contributed by atoms with van der Waals surface area (Å²) in [6.07, 6.45) is 0.480. The summed E-state index contributed by atoms with van der Waals surface area (Å²) >= 11 is 1.23. The summed E-state index contributed by atoms with van der Waals surface area (Å²) in [5.41, 5.74) is 0.414. The van der Waals surface area contributed by atoms with Gasteiger partial charge in [-0.15, -0.1) is 11.3 Å². The molecule has 0 saturated carbocycles. The third kappa shape index (κ3) is 4.47. The molecule has 1 aromatic carbocycles. The maximum Gasteiger partial charge on any atom is 0.331 e. The number of nitrogens with two attached hydrogens (primary N) is 1. The molecular weight excluding hydrogens is 416 g/mol. The van der Waals surface area contributed by atoms with E-state index >= 15 is 0 Å². The standard InChI is InChI=1S/C18H20N4O5S2/c1-2-21-17(24)16-14(8-10-28-16)22(18(21)25)11-15(23)20-9-7-12-3-5-13(6-4-12)29(19,26)27/h3-6,8,10H,2,7,9,11H2,1H3,(H,20,23)(H2,19,26,27). The maximum absolute atomic E-state index is 12.6. The average molecular weight is 437 g/mol. The summed E-state index contributed by atoms with van der Waals surface area (Å²) < 4.78 is 25.4. The van der Waals surface area contributed by atoms with Gasteiger partial charge >= 0.3 is 5.69 Å². The SMILES string of the molecule is CCn1c(=O)c2sccc2n(CC(=O)NCCc2ccc(S(N)(=O)=O)cc2)c1=O. The lowest BCUT2D eigenvalue weighted by atomic mass is 10.1. The maximum atomic E-state index is 12.6. The number of carbonyl (C=O) groups excluding carboxylic acids is 1. The van der Waals surface area contributed by atoms with Gasteiger partial charge in [0.05, 0.1) is 10.4 Å². The van der Waals surface area contributed by atoms with Gasteiger partial charge in [-0.2, -0.15) is 0 Å². The minimum absolute atomic E-state index is 0.0236. The Kier molecular flexibility index (Phi) is 6.01. The molecule has 3 rings (SSSR count). The van der Waals surface area contributed by atoms with Crippen molar-refractivity contribution in [3.8, 4) is 0 Å². The van der Waals surface area contributed by atoms with Crippen molar-refractivity contribution in [3.05, 3.63) is 62.1 Å². The smallest absolute Gasteiger partial charge is 0.331 e. The molecule has 0 unspecified atom stereocenters. The van der Waals surface area contributed by atoms with Gasteiger partial charge in [0.1, 0.15) is 11.2 Å². The number of amides is 1. The van der Waals surface area contributed by atoms with Crippen LogP contribution < -0.4 is 21.7 Å². The summed E-state index contributed by atoms with van der Waals surface area (Å²) in [4.78, 5) is 37.2. The van der Waals surface area contributed by atoms with Crippen LogP contribution in [0.1, 0.15) is 12.5 Å². The van der Waals surface area contributed by atoms with E-state index in [1.54, 1.807) is 30.5 Å². The number of thiophene rings is 1. The van der Waals surface area contributed by atoms with Gasteiger partial charge in [-0.05, 0) is 42.5 Å². The zero-order valence-corrected chi connectivity index (χ0v) is 17.3. The molecule has 154 valence electrons. The first-order valence-corrected chi connectivity index (χ1v) is 11.2. The first-order valence-electron chi connectivity index (χ1n) is 8.81. The molecule has 3 aromatic rings. The van der Waals surface area contributed by atoms with Crippen LogP contribution in [0.3, 0.4) is 0 Å². The summed E-state index contributed by atoms with van der Waals surface area (Å²) in [7, 11) is -3.74. The van der Waals surface area contributed by atoms with E-state index in [1.165, 1.54) is 28.0 Å². The summed E-state index contributed by atoms with van der Waals surface area (Å²) in [6.45, 7) is 2.04. The van der Waals surface area contributed by atoms with Gasteiger partial charge in [-0.3, -0.25) is 18.7 Å². The highest BCUT2D eigenvalue weighted by atomic mass is 32.2. The minimum atomic E-state index is -3.74. The van der Waals surface area contributed by atoms with Gasteiger partial charge < -0.3 is 5.32 Å². The Bertz CT molecular complexity index is 1270. The van der Waals surface area contributed by atoms with Gasteiger partial charge in [0, 0.05) is 13.1 Å². The van der Waals surface area contributed by atoms with E-state index in [0.29, 0.717) is 23.2 Å². The molecule has 9 nitrogen and oxygen atoms in total. The van der Waals surface area contributed by atoms with Crippen molar-refractivity contribution in [2.45, 2.75) is 31.3 Å². The number of nitrogens with one attached hydrogen (secondary N) is 1. The number of nitrogens with zero attached hydrogens (tertiary/aromatic N) is 2. The molecule has 29 heavy (non-hydrogen) atoms.